The number of hydrogen-bond donors (Lipinski definition) is 0. The van der Waals surface area contributed by atoms with Gasteiger partial charge in [-0.15, -0.1) is 13.2 Å². The van der Waals surface area contributed by atoms with E-state index in [0.29, 0.717) is 0 Å². The van der Waals surface area contributed by atoms with Crippen molar-refractivity contribution < 1.29 is 22.8 Å². The van der Waals surface area contributed by atoms with Crippen molar-refractivity contribution in [2.24, 2.45) is 0 Å². The van der Waals surface area contributed by atoms with Gasteiger partial charge in [0.2, 0.25) is 0 Å². The first-order valence-electron chi connectivity index (χ1n) is 3.80. The van der Waals surface area contributed by atoms with Gasteiger partial charge >= 0.3 is 6.36 Å². The van der Waals surface area contributed by atoms with Crippen LogP contribution in [0.25, 0.3) is 0 Å². The van der Waals surface area contributed by atoms with Crippen molar-refractivity contribution in [3.05, 3.63) is 33.9 Å². The number of rotatable bonds is 2. The molecule has 1 aromatic rings. The lowest BCUT2D eigenvalue weighted by molar-refractivity contribution is -0.385. The first-order chi connectivity index (χ1) is 6.79. The van der Waals surface area contributed by atoms with Crippen molar-refractivity contribution in [2.45, 2.75) is 13.3 Å². The number of hydrogen-bond acceptors (Lipinski definition) is 3. The average molecular weight is 221 g/mol. The maximum Gasteiger partial charge on any atom is 0.573 e. The molecule has 15 heavy (non-hydrogen) atoms. The minimum Gasteiger partial charge on any atom is -0.406 e. The number of aryl methyl sites for hydroxylation is 1. The van der Waals surface area contributed by atoms with E-state index in [0.717, 1.165) is 18.2 Å². The molecule has 0 N–H and O–H groups in total. The lowest BCUT2D eigenvalue weighted by atomic mass is 10.2. The van der Waals surface area contributed by atoms with Gasteiger partial charge in [-0.3, -0.25) is 10.1 Å². The van der Waals surface area contributed by atoms with Crippen LogP contribution in [0.5, 0.6) is 5.75 Å². The van der Waals surface area contributed by atoms with Crippen LogP contribution in [0, 0.1) is 17.0 Å². The number of nitro groups is 1. The molecule has 1 rings (SSSR count). The van der Waals surface area contributed by atoms with E-state index in [1.54, 1.807) is 0 Å². The highest BCUT2D eigenvalue weighted by atomic mass is 19.4. The fourth-order valence-corrected chi connectivity index (χ4v) is 1.03. The Morgan fingerprint density at radius 2 is 2.00 bits per heavy atom. The van der Waals surface area contributed by atoms with Gasteiger partial charge < -0.3 is 4.74 Å². The Bertz CT molecular complexity index is 389. The minimum absolute atomic E-state index is 0.113. The van der Waals surface area contributed by atoms with Crippen LogP contribution in [0.15, 0.2) is 18.2 Å². The summed E-state index contributed by atoms with van der Waals surface area (Å²) in [5.41, 5.74) is -0.133. The van der Waals surface area contributed by atoms with E-state index in [1.165, 1.54) is 6.92 Å². The summed E-state index contributed by atoms with van der Waals surface area (Å²) in [6, 6.07) is 2.83. The van der Waals surface area contributed by atoms with E-state index in [2.05, 4.69) is 4.74 Å². The molecular weight excluding hydrogens is 215 g/mol. The van der Waals surface area contributed by atoms with Crippen LogP contribution < -0.4 is 4.74 Å². The molecule has 0 unspecified atom stereocenters. The zero-order valence-electron chi connectivity index (χ0n) is 7.54. The second kappa shape index (κ2) is 3.76. The number of nitrogens with zero attached hydrogens (tertiary/aromatic N) is 1. The quantitative estimate of drug-likeness (QED) is 0.569. The van der Waals surface area contributed by atoms with Gasteiger partial charge in [0.15, 0.2) is 0 Å². The van der Waals surface area contributed by atoms with Crippen LogP contribution in [0.2, 0.25) is 0 Å². The van der Waals surface area contributed by atoms with E-state index < -0.39 is 17.0 Å². The Morgan fingerprint density at radius 3 is 2.40 bits per heavy atom. The molecule has 0 fully saturated rings. The molecule has 0 aliphatic heterocycles. The Hall–Kier alpha value is -1.79. The number of alkyl halides is 3. The second-order valence-electron chi connectivity index (χ2n) is 2.75. The highest BCUT2D eigenvalue weighted by molar-refractivity contribution is 5.44. The first kappa shape index (κ1) is 11.3. The summed E-state index contributed by atoms with van der Waals surface area (Å²) in [7, 11) is 0. The smallest absolute Gasteiger partial charge is 0.406 e. The summed E-state index contributed by atoms with van der Waals surface area (Å²) < 4.78 is 38.9. The Kier molecular flexibility index (Phi) is 2.83. The second-order valence-corrected chi connectivity index (χ2v) is 2.75. The number of nitro benzene ring substituents is 1. The molecule has 0 heterocycles. The van der Waals surface area contributed by atoms with E-state index in [-0.39, 0.29) is 11.3 Å². The molecule has 0 aromatic heterocycles. The Labute approximate surface area is 82.4 Å². The van der Waals surface area contributed by atoms with E-state index in [9.17, 15) is 23.3 Å². The summed E-state index contributed by atoms with van der Waals surface area (Å²) in [6.45, 7) is 1.33. The highest BCUT2D eigenvalue weighted by Gasteiger charge is 2.31. The van der Waals surface area contributed by atoms with Crippen molar-refractivity contribution in [3.63, 3.8) is 0 Å². The SMILES string of the molecule is Cc1cc(OC(F)(F)F)ccc1[N+](=O)[O-]. The standard InChI is InChI=1S/C8H6F3NO3/c1-5-4-6(15-8(9,10)11)2-3-7(5)12(13)14/h2-4H,1H3. The lowest BCUT2D eigenvalue weighted by Crippen LogP contribution is -2.17. The lowest BCUT2D eigenvalue weighted by Gasteiger charge is -2.08. The van der Waals surface area contributed by atoms with Crippen LogP contribution in [0.4, 0.5) is 18.9 Å². The molecular formula is C8H6F3NO3. The van der Waals surface area contributed by atoms with Gasteiger partial charge in [0.1, 0.15) is 5.75 Å². The number of ether oxygens (including phenoxy) is 1. The molecule has 0 amide bonds. The molecule has 0 spiro atoms. The molecule has 1 aromatic carbocycles. The molecule has 0 saturated heterocycles. The minimum atomic E-state index is -4.79. The van der Waals surface area contributed by atoms with Gasteiger partial charge in [-0.25, -0.2) is 0 Å². The van der Waals surface area contributed by atoms with Crippen molar-refractivity contribution in [1.29, 1.82) is 0 Å². The van der Waals surface area contributed by atoms with Crippen LogP contribution >= 0.6 is 0 Å². The predicted octanol–water partition coefficient (Wildman–Crippen LogP) is 2.80. The normalized spacial score (nSPS) is 11.2. The van der Waals surface area contributed by atoms with Crippen LogP contribution in [0.1, 0.15) is 5.56 Å². The zero-order chi connectivity index (χ0) is 11.6. The molecule has 7 heteroatoms. The Balaban J connectivity index is 2.97. The summed E-state index contributed by atoms with van der Waals surface area (Å²) in [6.07, 6.45) is -4.79. The molecule has 0 aliphatic carbocycles. The van der Waals surface area contributed by atoms with Crippen molar-refractivity contribution >= 4 is 5.69 Å². The van der Waals surface area contributed by atoms with Gasteiger partial charge in [0, 0.05) is 11.6 Å². The van der Waals surface area contributed by atoms with Crippen molar-refractivity contribution in [2.75, 3.05) is 0 Å². The summed E-state index contributed by atoms with van der Waals surface area (Å²) >= 11 is 0. The first-order valence-corrected chi connectivity index (χ1v) is 3.80. The highest BCUT2D eigenvalue weighted by Crippen LogP contribution is 2.27. The van der Waals surface area contributed by atoms with E-state index in [1.807, 2.05) is 0 Å². The molecule has 0 aliphatic rings. The van der Waals surface area contributed by atoms with Gasteiger partial charge in [0.05, 0.1) is 4.92 Å². The third kappa shape index (κ3) is 3.12. The topological polar surface area (TPSA) is 52.4 Å². The number of benzene rings is 1. The largest absolute Gasteiger partial charge is 0.573 e. The van der Waals surface area contributed by atoms with E-state index >= 15 is 0 Å². The molecule has 82 valence electrons. The monoisotopic (exact) mass is 221 g/mol. The molecule has 4 nitrogen and oxygen atoms in total. The Morgan fingerprint density at radius 1 is 1.40 bits per heavy atom. The van der Waals surface area contributed by atoms with Gasteiger partial charge in [-0.05, 0) is 19.1 Å². The van der Waals surface area contributed by atoms with Gasteiger partial charge in [-0.1, -0.05) is 0 Å². The van der Waals surface area contributed by atoms with Gasteiger partial charge in [-0.2, -0.15) is 0 Å². The van der Waals surface area contributed by atoms with Crippen LogP contribution in [-0.4, -0.2) is 11.3 Å². The van der Waals surface area contributed by atoms with E-state index in [4.69, 9.17) is 0 Å². The number of halogens is 3. The maximum atomic E-state index is 11.8. The zero-order valence-corrected chi connectivity index (χ0v) is 7.54. The maximum absolute atomic E-state index is 11.8. The third-order valence-corrected chi connectivity index (χ3v) is 1.60. The third-order valence-electron chi connectivity index (χ3n) is 1.60. The van der Waals surface area contributed by atoms with Crippen molar-refractivity contribution in [3.8, 4) is 5.75 Å². The molecule has 0 bridgehead atoms. The van der Waals surface area contributed by atoms with Crippen LogP contribution in [-0.2, 0) is 0 Å². The average Bonchev–Trinajstić information content (AvgIpc) is 1.99. The van der Waals surface area contributed by atoms with Crippen molar-refractivity contribution in [1.82, 2.24) is 0 Å². The summed E-state index contributed by atoms with van der Waals surface area (Å²) in [5.74, 6) is -0.467. The van der Waals surface area contributed by atoms with Gasteiger partial charge in [0.25, 0.3) is 5.69 Å². The van der Waals surface area contributed by atoms with Crippen LogP contribution in [0.3, 0.4) is 0 Å². The molecule has 0 saturated carbocycles. The molecule has 0 atom stereocenters. The summed E-state index contributed by atoms with van der Waals surface area (Å²) in [5, 5.41) is 10.4. The molecule has 0 radical (unpaired) electrons. The summed E-state index contributed by atoms with van der Waals surface area (Å²) in [4.78, 5) is 9.69. The predicted molar refractivity (Wildman–Crippen MR) is 44.5 cm³/mol. The fourth-order valence-electron chi connectivity index (χ4n) is 1.03. The fraction of sp³-hybridized carbons (Fsp3) is 0.250.